The second kappa shape index (κ2) is 56.9. The fraction of sp³-hybridized carbons (Fsp3) is 0.368. The first-order chi connectivity index (χ1) is 41.5. The minimum Gasteiger partial charge on any atom is -1.00 e. The molecule has 0 fully saturated rings. The van der Waals surface area contributed by atoms with Crippen LogP contribution in [-0.4, -0.2) is 136 Å². The van der Waals surface area contributed by atoms with E-state index in [-0.39, 0.29) is 89.4 Å². The number of carboxylic acid groups (broad SMARTS) is 1. The molecule has 0 atom stereocenters. The number of halogens is 3. The first kappa shape index (κ1) is 95.1. The number of nitriles is 1. The van der Waals surface area contributed by atoms with Gasteiger partial charge in [0.25, 0.3) is 0 Å². The van der Waals surface area contributed by atoms with Crippen LogP contribution in [-0.2, 0) is 82.2 Å². The van der Waals surface area contributed by atoms with Crippen molar-refractivity contribution in [2.75, 3.05) is 33.0 Å². The number of benzene rings is 5. The van der Waals surface area contributed by atoms with Crippen LogP contribution in [0.5, 0.6) is 0 Å². The van der Waals surface area contributed by atoms with Gasteiger partial charge in [-0.3, -0.25) is 58.5 Å². The molecule has 0 saturated heterocycles. The predicted octanol–water partition coefficient (Wildman–Crippen LogP) is -2.96. The van der Waals surface area contributed by atoms with Crippen molar-refractivity contribution in [2.45, 2.75) is 107 Å². The Kier molecular flexibility index (Phi) is 59.5. The fourth-order valence-corrected chi connectivity index (χ4v) is 6.67. The number of rotatable bonds is 19. The number of aromatic nitrogens is 4. The van der Waals surface area contributed by atoms with Crippen molar-refractivity contribution in [1.29, 1.82) is 5.26 Å². The molecule has 0 unspecified atom stereocenters. The molecule has 6 rings (SSSR count). The van der Waals surface area contributed by atoms with Crippen molar-refractivity contribution in [3.05, 3.63) is 183 Å². The summed E-state index contributed by atoms with van der Waals surface area (Å²) in [5.74, 6) is -2.25. The number of nitrogens with zero attached hydrogens (tertiary/aromatic N) is 5. The fourth-order valence-electron chi connectivity index (χ4n) is 5.89. The van der Waals surface area contributed by atoms with Crippen LogP contribution in [0.2, 0.25) is 0 Å². The summed E-state index contributed by atoms with van der Waals surface area (Å²) in [6.45, 7) is 19.8. The smallest absolute Gasteiger partial charge is 1.00 e. The molecule has 0 aliphatic heterocycles. The number of nitrogens with one attached hydrogen (secondary N) is 4. The number of carbonyl (C=O) groups is 1. The molecular formula is C57H95AlF3LiN16O11P2+3. The molecule has 0 aliphatic rings. The van der Waals surface area contributed by atoms with Gasteiger partial charge < -0.3 is 46.8 Å². The minimum atomic E-state index is -5.08. The summed E-state index contributed by atoms with van der Waals surface area (Å²) in [5.41, 5.74) is 45.8. The molecule has 34 heteroatoms. The van der Waals surface area contributed by atoms with Crippen LogP contribution in [0.25, 0.3) is 0 Å². The number of tetrazole rings is 1. The van der Waals surface area contributed by atoms with Gasteiger partial charge in [0.15, 0.2) is 13.7 Å². The third-order valence-corrected chi connectivity index (χ3v) is 11.3. The van der Waals surface area contributed by atoms with E-state index in [4.69, 9.17) is 84.9 Å². The summed E-state index contributed by atoms with van der Waals surface area (Å²) in [6.07, 6.45) is -3.75. The van der Waals surface area contributed by atoms with Gasteiger partial charge in [0.05, 0.1) is 64.3 Å². The number of hydrogen-bond donors (Lipinski definition) is 17. The molecule has 0 amide bonds. The van der Waals surface area contributed by atoms with Crippen molar-refractivity contribution < 1.29 is 102 Å². The quantitative estimate of drug-likeness (QED) is 0.0167. The van der Waals surface area contributed by atoms with Crippen molar-refractivity contribution in [3.8, 4) is 6.07 Å². The second-order valence-electron chi connectivity index (χ2n) is 17.5. The van der Waals surface area contributed by atoms with E-state index in [1.165, 1.54) is 26.0 Å². The van der Waals surface area contributed by atoms with Gasteiger partial charge in [0.2, 0.25) is 0 Å². The van der Waals surface area contributed by atoms with Gasteiger partial charge in [-0.2, -0.15) is 23.6 Å². The third kappa shape index (κ3) is 57.8. The summed E-state index contributed by atoms with van der Waals surface area (Å²) < 4.78 is 63.3. The zero-order chi connectivity index (χ0) is 67.6. The largest absolute Gasteiger partial charge is 1.00 e. The first-order valence-corrected chi connectivity index (χ1v) is 30.8. The van der Waals surface area contributed by atoms with Crippen LogP contribution in [0, 0.1) is 11.3 Å². The van der Waals surface area contributed by atoms with Crippen LogP contribution < -0.4 is 74.0 Å². The maximum atomic E-state index is 11.4. The topological polar surface area (TPSA) is 497 Å². The number of aromatic amines is 1. The van der Waals surface area contributed by atoms with Gasteiger partial charge in [-0.15, -0.1) is 10.2 Å². The SMILES string of the molecule is C.CC.CCN(CC)CC.CP(C)(=O)OCc1cccc(C[NH+]=C(N)N)c1.N#Cc1cccc(CO)c1.NC(N)=[NH+]Cc1cccc(CO)c1.NC(N)=[NH+]Cc1cccc(COP(=O)(O)O)c1.NCc1cccc(CO)c1.O=C(O)C(F)(F)F.[Al].[H-].[Li+].c1nn[nH]n1. The van der Waals surface area contributed by atoms with Gasteiger partial charge in [-0.25, -0.2) is 9.36 Å². The van der Waals surface area contributed by atoms with Gasteiger partial charge >= 0.3 is 56.7 Å². The summed E-state index contributed by atoms with van der Waals surface area (Å²) in [7, 11) is -6.87. The summed E-state index contributed by atoms with van der Waals surface area (Å²) in [4.78, 5) is 36.8. The van der Waals surface area contributed by atoms with Gasteiger partial charge in [0.1, 0.15) is 0 Å². The molecule has 0 saturated carbocycles. The number of alkyl halides is 3. The van der Waals surface area contributed by atoms with Gasteiger partial charge in [0, 0.05) is 37.2 Å². The monoisotopic (exact) mass is 1330 g/mol. The Labute approximate surface area is 555 Å². The van der Waals surface area contributed by atoms with Gasteiger partial charge in [-0.1, -0.05) is 156 Å². The molecule has 0 aliphatic carbocycles. The normalized spacial score (nSPS) is 9.76. The Morgan fingerprint density at radius 2 is 0.956 bits per heavy atom. The maximum absolute atomic E-state index is 11.4. The molecule has 0 bridgehead atoms. The van der Waals surface area contributed by atoms with E-state index in [1.54, 1.807) is 55.8 Å². The molecule has 0 spiro atoms. The Hall–Kier alpha value is -7.04. The van der Waals surface area contributed by atoms with E-state index in [1.807, 2.05) is 98.8 Å². The zero-order valence-electron chi connectivity index (χ0n) is 53.2. The number of H-pyrrole nitrogens is 1. The molecule has 24 N–H and O–H groups in total. The Bertz CT molecular complexity index is 2920. The Balaban J connectivity index is -0.000000182. The van der Waals surface area contributed by atoms with Crippen molar-refractivity contribution in [2.24, 2.45) is 40.1 Å². The number of carboxylic acids is 1. The van der Waals surface area contributed by atoms with E-state index >= 15 is 0 Å². The number of aliphatic carboxylic acids is 1. The van der Waals surface area contributed by atoms with Crippen LogP contribution >= 0.6 is 15.2 Å². The summed E-state index contributed by atoms with van der Waals surface area (Å²) in [6, 6.07) is 38.9. The van der Waals surface area contributed by atoms with E-state index in [0.717, 1.165) is 44.5 Å². The van der Waals surface area contributed by atoms with Gasteiger partial charge in [-0.05, 0) is 81.8 Å². The number of guanidine groups is 3. The van der Waals surface area contributed by atoms with Crippen molar-refractivity contribution >= 4 is 56.4 Å². The molecular weight excluding hydrogens is 1240 g/mol. The predicted molar refractivity (Wildman–Crippen MR) is 344 cm³/mol. The molecule has 1 aromatic heterocycles. The Morgan fingerprint density at radius 1 is 0.637 bits per heavy atom. The number of aliphatic hydroxyl groups is 3. The Morgan fingerprint density at radius 3 is 1.22 bits per heavy atom. The standard InChI is InChI=1S/C11H18N3O2P.C9H14N3O4P.C9H13N3O.C8H11NO.C8H7NO.C6H15N.C2HF3O2.C2H6.CH2N4.CH4.Al.Li.H/c1-17(2,15)16-8-10-5-3-4-9(6-10)7-14-11(12)13;10-9(11)12-5-7-2-1-3-8(4-7)6-16-17(13,14)15;10-9(11)12-5-7-2-1-3-8(4-7)6-13;2*9-5-7-2-1-3-8(4-7)6-10;1-4-7(5-2)6-3;3-2(4,5)1(6)7;1-2;1-2-4-5-3-1;;;;/h3-6H,7-8H2,1-2H3,(H4,12,13,14);1-4H,5-6H2,(H4,10,11,12)(H2,13,14,15);1-4,13H,5-6H2,(H4,10,11,12);1-4,10H,5-6,9H2;1-4,10H,6H2;4-6H2,1-3H3;(H,6,7);1-2H3;1H,(H,2,3,4,5);1H4;;;/q;;;;;;;;;;;+1;-1/p+3. The summed E-state index contributed by atoms with van der Waals surface area (Å²) in [5, 5.41) is 53.9. The number of phosphoric acid groups is 1. The van der Waals surface area contributed by atoms with Crippen LogP contribution in [0.1, 0.15) is 99.1 Å². The molecule has 6 aromatic rings. The average Bonchev–Trinajstić information content (AvgIpc) is 2.43. The molecule has 3 radical (unpaired) electrons. The van der Waals surface area contributed by atoms with E-state index in [9.17, 15) is 22.3 Å². The van der Waals surface area contributed by atoms with Crippen LogP contribution in [0.3, 0.4) is 0 Å². The zero-order valence-corrected chi connectivity index (χ0v) is 55.2. The average molecular weight is 1330 g/mol. The maximum Gasteiger partial charge on any atom is 1.00 e. The van der Waals surface area contributed by atoms with Crippen molar-refractivity contribution in [3.63, 3.8) is 0 Å². The van der Waals surface area contributed by atoms with E-state index in [0.29, 0.717) is 43.9 Å². The molecule has 1 heterocycles. The minimum absolute atomic E-state index is 0. The second-order valence-corrected chi connectivity index (χ2v) is 21.5. The molecule has 5 aromatic carbocycles. The van der Waals surface area contributed by atoms with Crippen molar-refractivity contribution in [1.82, 2.24) is 25.5 Å². The summed E-state index contributed by atoms with van der Waals surface area (Å²) >= 11 is 0. The number of aliphatic hydroxyl groups excluding tert-OH is 3. The molecule has 27 nitrogen and oxygen atoms in total. The van der Waals surface area contributed by atoms with E-state index < -0.39 is 27.3 Å². The number of nitrogens with two attached hydrogens (primary N) is 7. The third-order valence-electron chi connectivity index (χ3n) is 10.1. The first-order valence-electron chi connectivity index (χ1n) is 26.7. The number of phosphoric ester groups is 1. The van der Waals surface area contributed by atoms with E-state index in [2.05, 4.69) is 65.8 Å². The van der Waals surface area contributed by atoms with Crippen LogP contribution in [0.4, 0.5) is 13.2 Å². The molecule has 501 valence electrons. The molecule has 91 heavy (non-hydrogen) atoms. The van der Waals surface area contributed by atoms with Crippen LogP contribution in [0.15, 0.2) is 128 Å². The number of hydrogen-bond acceptors (Lipinski definition) is 14.